The number of benzene rings is 2. The minimum atomic E-state index is -0.486. The van der Waals surface area contributed by atoms with E-state index in [1.54, 1.807) is 50.4 Å². The quantitative estimate of drug-likeness (QED) is 0.585. The summed E-state index contributed by atoms with van der Waals surface area (Å²) >= 11 is 0. The van der Waals surface area contributed by atoms with Gasteiger partial charge in [0, 0.05) is 17.4 Å². The van der Waals surface area contributed by atoms with Crippen molar-refractivity contribution in [3.63, 3.8) is 0 Å². The maximum Gasteiger partial charge on any atom is 0.340 e. The number of methoxy groups -OCH3 is 1. The highest BCUT2D eigenvalue weighted by molar-refractivity contribution is 6.08. The van der Waals surface area contributed by atoms with Gasteiger partial charge in [0.2, 0.25) is 0 Å². The van der Waals surface area contributed by atoms with E-state index in [0.717, 1.165) is 11.4 Å². The summed E-state index contributed by atoms with van der Waals surface area (Å²) in [4.78, 5) is 29.0. The maximum absolute atomic E-state index is 12.7. The Morgan fingerprint density at radius 1 is 1.03 bits per heavy atom. The molecule has 29 heavy (non-hydrogen) atoms. The Morgan fingerprint density at radius 2 is 1.79 bits per heavy atom. The van der Waals surface area contributed by atoms with Crippen molar-refractivity contribution < 1.29 is 19.1 Å². The number of pyridine rings is 1. The van der Waals surface area contributed by atoms with Gasteiger partial charge >= 0.3 is 5.97 Å². The molecule has 2 aromatic carbocycles. The number of aromatic nitrogens is 1. The molecule has 7 nitrogen and oxygen atoms in total. The van der Waals surface area contributed by atoms with Gasteiger partial charge in [0.15, 0.2) is 0 Å². The fourth-order valence-corrected chi connectivity index (χ4v) is 2.64. The molecule has 0 bridgehead atoms. The Balaban J connectivity index is 1.75. The molecule has 0 saturated heterocycles. The van der Waals surface area contributed by atoms with E-state index >= 15 is 0 Å². The summed E-state index contributed by atoms with van der Waals surface area (Å²) < 4.78 is 10.2. The summed E-state index contributed by atoms with van der Waals surface area (Å²) in [6, 6.07) is 17.3. The van der Waals surface area contributed by atoms with Crippen LogP contribution in [0.3, 0.4) is 0 Å². The number of nitrogens with zero attached hydrogens (tertiary/aromatic N) is 1. The van der Waals surface area contributed by atoms with Crippen molar-refractivity contribution in [1.29, 1.82) is 0 Å². The largest absolute Gasteiger partial charge is 0.497 e. The summed E-state index contributed by atoms with van der Waals surface area (Å²) in [7, 11) is 1.60. The van der Waals surface area contributed by atoms with Crippen LogP contribution < -0.4 is 15.4 Å². The summed E-state index contributed by atoms with van der Waals surface area (Å²) in [5, 5.41) is 5.90. The Labute approximate surface area is 168 Å². The molecule has 1 heterocycles. The number of anilines is 3. The lowest BCUT2D eigenvalue weighted by atomic mass is 10.1. The monoisotopic (exact) mass is 391 g/mol. The molecule has 1 aromatic heterocycles. The molecule has 0 radical (unpaired) electrons. The molecule has 0 spiro atoms. The van der Waals surface area contributed by atoms with Crippen LogP contribution in [0.5, 0.6) is 5.75 Å². The van der Waals surface area contributed by atoms with E-state index in [-0.39, 0.29) is 12.5 Å². The highest BCUT2D eigenvalue weighted by Gasteiger charge is 2.15. The van der Waals surface area contributed by atoms with Gasteiger partial charge in [0.05, 0.1) is 25.0 Å². The molecule has 2 N–H and O–H groups in total. The first kappa shape index (κ1) is 19.9. The number of hydrogen-bond acceptors (Lipinski definition) is 6. The van der Waals surface area contributed by atoms with Crippen LogP contribution in [0.2, 0.25) is 0 Å². The third-order valence-corrected chi connectivity index (χ3v) is 4.06. The van der Waals surface area contributed by atoms with Gasteiger partial charge in [-0.3, -0.25) is 4.79 Å². The zero-order valence-electron chi connectivity index (χ0n) is 16.1. The molecule has 7 heteroatoms. The lowest BCUT2D eigenvalue weighted by Gasteiger charge is -2.11. The van der Waals surface area contributed by atoms with E-state index in [0.29, 0.717) is 22.6 Å². The van der Waals surface area contributed by atoms with Crippen molar-refractivity contribution in [2.45, 2.75) is 6.92 Å². The van der Waals surface area contributed by atoms with Gasteiger partial charge in [-0.05, 0) is 55.5 Å². The Bertz CT molecular complexity index is 1000. The fourth-order valence-electron chi connectivity index (χ4n) is 2.64. The van der Waals surface area contributed by atoms with Gasteiger partial charge in [-0.15, -0.1) is 0 Å². The van der Waals surface area contributed by atoms with Crippen LogP contribution in [0.1, 0.15) is 27.6 Å². The smallest absolute Gasteiger partial charge is 0.340 e. The van der Waals surface area contributed by atoms with Crippen LogP contribution in [0, 0.1) is 0 Å². The van der Waals surface area contributed by atoms with E-state index in [4.69, 9.17) is 9.47 Å². The molecular weight excluding hydrogens is 370 g/mol. The molecule has 0 saturated carbocycles. The number of carbonyl (C=O) groups excluding carboxylic acids is 2. The Morgan fingerprint density at radius 3 is 2.52 bits per heavy atom. The van der Waals surface area contributed by atoms with Gasteiger partial charge in [-0.2, -0.15) is 0 Å². The molecule has 148 valence electrons. The standard InChI is InChI=1S/C22H21N3O4/c1-3-29-22(27)18-6-4-5-7-19(18)25-21(26)15-12-13-23-20(14-15)24-16-8-10-17(28-2)11-9-16/h4-14H,3H2,1-2H3,(H,23,24)(H,25,26). The molecule has 1 amide bonds. The highest BCUT2D eigenvalue weighted by Crippen LogP contribution is 2.21. The van der Waals surface area contributed by atoms with Crippen LogP contribution in [-0.4, -0.2) is 30.6 Å². The lowest BCUT2D eigenvalue weighted by Crippen LogP contribution is -2.16. The number of carbonyl (C=O) groups is 2. The van der Waals surface area contributed by atoms with Crippen molar-refractivity contribution in [3.8, 4) is 5.75 Å². The second-order valence-electron chi connectivity index (χ2n) is 6.00. The zero-order valence-corrected chi connectivity index (χ0v) is 16.1. The third kappa shape index (κ3) is 5.10. The first-order valence-electron chi connectivity index (χ1n) is 9.05. The number of amides is 1. The van der Waals surface area contributed by atoms with E-state index < -0.39 is 5.97 Å². The van der Waals surface area contributed by atoms with Crippen molar-refractivity contribution >= 4 is 29.1 Å². The number of rotatable bonds is 7. The van der Waals surface area contributed by atoms with Gasteiger partial charge in [-0.1, -0.05) is 12.1 Å². The maximum atomic E-state index is 12.7. The van der Waals surface area contributed by atoms with E-state index in [1.165, 1.54) is 6.20 Å². The first-order chi connectivity index (χ1) is 14.1. The Hall–Kier alpha value is -3.87. The number of para-hydroxylation sites is 1. The van der Waals surface area contributed by atoms with E-state index in [2.05, 4.69) is 15.6 Å². The predicted molar refractivity (Wildman–Crippen MR) is 111 cm³/mol. The number of ether oxygens (including phenoxy) is 2. The molecule has 0 unspecified atom stereocenters. The molecule has 3 aromatic rings. The van der Waals surface area contributed by atoms with Crippen LogP contribution >= 0.6 is 0 Å². The fraction of sp³-hybridized carbons (Fsp3) is 0.136. The SMILES string of the molecule is CCOC(=O)c1ccccc1NC(=O)c1ccnc(Nc2ccc(OC)cc2)c1. The van der Waals surface area contributed by atoms with Crippen molar-refractivity contribution in [3.05, 3.63) is 78.0 Å². The average molecular weight is 391 g/mol. The molecule has 0 aliphatic rings. The predicted octanol–water partition coefficient (Wildman–Crippen LogP) is 4.26. The van der Waals surface area contributed by atoms with Gasteiger partial charge in [-0.25, -0.2) is 9.78 Å². The van der Waals surface area contributed by atoms with E-state index in [1.807, 2.05) is 24.3 Å². The number of nitrogens with one attached hydrogen (secondary N) is 2. The van der Waals surface area contributed by atoms with Crippen LogP contribution in [0.25, 0.3) is 0 Å². The van der Waals surface area contributed by atoms with E-state index in [9.17, 15) is 9.59 Å². The van der Waals surface area contributed by atoms with Crippen LogP contribution in [-0.2, 0) is 4.74 Å². The molecule has 0 atom stereocenters. The number of esters is 1. The van der Waals surface area contributed by atoms with Crippen LogP contribution in [0.4, 0.5) is 17.2 Å². The van der Waals surface area contributed by atoms with Crippen LogP contribution in [0.15, 0.2) is 66.9 Å². The second kappa shape index (κ2) is 9.36. The van der Waals surface area contributed by atoms with Crippen molar-refractivity contribution in [2.24, 2.45) is 0 Å². The molecular formula is C22H21N3O4. The second-order valence-corrected chi connectivity index (χ2v) is 6.00. The normalized spacial score (nSPS) is 10.1. The van der Waals surface area contributed by atoms with Gasteiger partial charge < -0.3 is 20.1 Å². The van der Waals surface area contributed by atoms with Crippen molar-refractivity contribution in [2.75, 3.05) is 24.4 Å². The lowest BCUT2D eigenvalue weighted by molar-refractivity contribution is 0.0527. The molecule has 0 aliphatic heterocycles. The summed E-state index contributed by atoms with van der Waals surface area (Å²) in [5.74, 6) is 0.417. The molecule has 0 aliphatic carbocycles. The topological polar surface area (TPSA) is 89.5 Å². The molecule has 0 fully saturated rings. The molecule has 3 rings (SSSR count). The summed E-state index contributed by atoms with van der Waals surface area (Å²) in [6.45, 7) is 1.99. The summed E-state index contributed by atoms with van der Waals surface area (Å²) in [5.41, 5.74) is 1.89. The van der Waals surface area contributed by atoms with Gasteiger partial charge in [0.25, 0.3) is 5.91 Å². The first-order valence-corrected chi connectivity index (χ1v) is 9.05. The average Bonchev–Trinajstić information content (AvgIpc) is 2.75. The summed E-state index contributed by atoms with van der Waals surface area (Å²) in [6.07, 6.45) is 1.54. The minimum absolute atomic E-state index is 0.256. The van der Waals surface area contributed by atoms with Crippen molar-refractivity contribution in [1.82, 2.24) is 4.98 Å². The highest BCUT2D eigenvalue weighted by atomic mass is 16.5. The number of hydrogen-bond donors (Lipinski definition) is 2. The third-order valence-electron chi connectivity index (χ3n) is 4.06. The minimum Gasteiger partial charge on any atom is -0.497 e. The Kier molecular flexibility index (Phi) is 6.42. The zero-order chi connectivity index (χ0) is 20.6. The van der Waals surface area contributed by atoms with Gasteiger partial charge in [0.1, 0.15) is 11.6 Å².